The van der Waals surface area contributed by atoms with Gasteiger partial charge in [0, 0.05) is 30.6 Å². The number of urea groups is 1. The topological polar surface area (TPSA) is 120 Å². The normalized spacial score (nSPS) is 21.3. The molecule has 1 aliphatic carbocycles. The van der Waals surface area contributed by atoms with E-state index in [-0.39, 0.29) is 30.7 Å². The first kappa shape index (κ1) is 16.4. The van der Waals surface area contributed by atoms with Gasteiger partial charge in [0.1, 0.15) is 11.8 Å². The summed E-state index contributed by atoms with van der Waals surface area (Å²) < 4.78 is 0. The van der Waals surface area contributed by atoms with Crippen molar-refractivity contribution >= 4 is 29.9 Å². The van der Waals surface area contributed by atoms with Gasteiger partial charge < -0.3 is 5.32 Å². The van der Waals surface area contributed by atoms with Crippen LogP contribution >= 0.6 is 0 Å². The largest absolute Gasteiger partial charge is 0.352 e. The average molecular weight is 354 g/mol. The zero-order chi connectivity index (χ0) is 18.1. The molecule has 1 unspecified atom stereocenters. The first-order valence-electron chi connectivity index (χ1n) is 8.64. The Labute approximate surface area is 149 Å². The number of aromatic amines is 1. The monoisotopic (exact) mass is 354 g/mol. The number of imide groups is 1. The predicted molar refractivity (Wildman–Crippen MR) is 93.2 cm³/mol. The number of H-pyrrole nitrogens is 1. The van der Waals surface area contributed by atoms with Gasteiger partial charge in [0.15, 0.2) is 5.69 Å². The third-order valence-electron chi connectivity index (χ3n) is 4.74. The van der Waals surface area contributed by atoms with Crippen molar-refractivity contribution in [3.8, 4) is 0 Å². The van der Waals surface area contributed by atoms with Gasteiger partial charge in [-0.1, -0.05) is 6.08 Å². The number of nitrogens with zero attached hydrogens (tertiary/aromatic N) is 4. The Kier molecular flexibility index (Phi) is 4.19. The van der Waals surface area contributed by atoms with Crippen LogP contribution in [0, 0.1) is 5.92 Å². The summed E-state index contributed by atoms with van der Waals surface area (Å²) in [5.41, 5.74) is 2.40. The fourth-order valence-corrected chi connectivity index (χ4v) is 3.40. The lowest BCUT2D eigenvalue weighted by molar-refractivity contribution is -0.129. The van der Waals surface area contributed by atoms with E-state index >= 15 is 0 Å². The summed E-state index contributed by atoms with van der Waals surface area (Å²) in [6, 6.07) is -0.653. The Morgan fingerprint density at radius 1 is 1.31 bits per heavy atom. The van der Waals surface area contributed by atoms with Crippen LogP contribution in [0.15, 0.2) is 22.1 Å². The average Bonchev–Trinajstić information content (AvgIpc) is 3.08. The number of carbonyl (C=O) groups excluding carboxylic acids is 3. The van der Waals surface area contributed by atoms with E-state index in [2.05, 4.69) is 25.5 Å². The van der Waals surface area contributed by atoms with Crippen LogP contribution in [0.3, 0.4) is 0 Å². The van der Waals surface area contributed by atoms with Gasteiger partial charge in [-0.3, -0.25) is 19.6 Å². The molecule has 3 heterocycles. The summed E-state index contributed by atoms with van der Waals surface area (Å²) in [5, 5.41) is 9.77. The Balaban J connectivity index is 1.38. The number of aliphatic imine (C=N–C) groups is 2. The fourth-order valence-electron chi connectivity index (χ4n) is 3.40. The van der Waals surface area contributed by atoms with E-state index in [4.69, 9.17) is 0 Å². The number of allylic oxidation sites excluding steroid dienone is 1. The van der Waals surface area contributed by atoms with Gasteiger partial charge in [-0.2, -0.15) is 10.1 Å². The number of aromatic nitrogens is 2. The van der Waals surface area contributed by atoms with Crippen molar-refractivity contribution in [3.63, 3.8) is 0 Å². The zero-order valence-electron chi connectivity index (χ0n) is 14.1. The van der Waals surface area contributed by atoms with E-state index in [1.54, 1.807) is 12.2 Å². The molecule has 134 valence electrons. The third kappa shape index (κ3) is 2.85. The molecule has 0 spiro atoms. The summed E-state index contributed by atoms with van der Waals surface area (Å²) in [6.45, 7) is 0.198. The molecule has 9 nitrogen and oxygen atoms in total. The van der Waals surface area contributed by atoms with Gasteiger partial charge in [-0.15, -0.1) is 0 Å². The summed E-state index contributed by atoms with van der Waals surface area (Å²) in [6.07, 6.45) is 8.68. The number of hydrogen-bond donors (Lipinski definition) is 2. The molecule has 0 aromatic carbocycles. The second-order valence-corrected chi connectivity index (χ2v) is 6.38. The molecule has 2 N–H and O–H groups in total. The molecule has 1 atom stereocenters. The van der Waals surface area contributed by atoms with Gasteiger partial charge in [-0.25, -0.2) is 9.79 Å². The fraction of sp³-hybridized carbons (Fsp3) is 0.412. The van der Waals surface area contributed by atoms with Crippen molar-refractivity contribution in [2.45, 2.75) is 25.7 Å². The second-order valence-electron chi connectivity index (χ2n) is 6.38. The number of carbonyl (C=O) groups is 3. The first-order chi connectivity index (χ1) is 12.6. The Hall–Kier alpha value is -3.10. The highest BCUT2D eigenvalue weighted by Crippen LogP contribution is 2.22. The van der Waals surface area contributed by atoms with Crippen LogP contribution in [0.4, 0.5) is 4.79 Å². The minimum atomic E-state index is -0.653. The highest BCUT2D eigenvalue weighted by Gasteiger charge is 2.36. The molecular formula is C17H18N6O3. The molecule has 2 aliphatic heterocycles. The van der Waals surface area contributed by atoms with E-state index in [1.807, 2.05) is 0 Å². The maximum atomic E-state index is 12.4. The molecule has 0 saturated carbocycles. The smallest absolute Gasteiger partial charge is 0.349 e. The molecule has 0 saturated heterocycles. The third-order valence-corrected chi connectivity index (χ3v) is 4.74. The molecular weight excluding hydrogens is 336 g/mol. The maximum absolute atomic E-state index is 12.4. The van der Waals surface area contributed by atoms with E-state index in [0.29, 0.717) is 5.69 Å². The van der Waals surface area contributed by atoms with Crippen LogP contribution < -0.4 is 5.32 Å². The van der Waals surface area contributed by atoms with Gasteiger partial charge >= 0.3 is 6.03 Å². The lowest BCUT2D eigenvalue weighted by atomic mass is 9.96. The van der Waals surface area contributed by atoms with Crippen molar-refractivity contribution in [3.05, 3.63) is 29.1 Å². The van der Waals surface area contributed by atoms with Crippen LogP contribution in [0.5, 0.6) is 0 Å². The van der Waals surface area contributed by atoms with Crippen LogP contribution in [0.25, 0.3) is 0 Å². The van der Waals surface area contributed by atoms with Gasteiger partial charge in [0.25, 0.3) is 5.91 Å². The number of aryl methyl sites for hydroxylation is 1. The minimum absolute atomic E-state index is 0.0564. The number of rotatable bonds is 4. The molecule has 26 heavy (non-hydrogen) atoms. The first-order valence-corrected chi connectivity index (χ1v) is 8.64. The highest BCUT2D eigenvalue weighted by atomic mass is 16.2. The standard InChI is InChI=1S/C17H18N6O3/c24-15(13-10-4-1-2-6-12(10)21-22-13)19-8-9-23-16(25)11-5-3-7-18-14(11)20-17(23)26/h3,5,7,11H,1-2,4,6,8-9H2,(H,19,24)(H,21,22). The molecule has 0 fully saturated rings. The Morgan fingerprint density at radius 2 is 2.15 bits per heavy atom. The van der Waals surface area contributed by atoms with E-state index in [0.717, 1.165) is 41.8 Å². The molecule has 3 aliphatic rings. The molecule has 4 amide bonds. The molecule has 0 radical (unpaired) electrons. The Bertz CT molecular complexity index is 866. The summed E-state index contributed by atoms with van der Waals surface area (Å²) >= 11 is 0. The SMILES string of the molecule is O=C(NCCN1C(=O)N=C2N=CC=CC2C1=O)c1n[nH]c2c1CCCC2. The molecule has 9 heteroatoms. The van der Waals surface area contributed by atoms with E-state index in [1.165, 1.54) is 6.21 Å². The molecule has 0 bridgehead atoms. The van der Waals surface area contributed by atoms with Crippen molar-refractivity contribution in [2.24, 2.45) is 15.9 Å². The van der Waals surface area contributed by atoms with Gasteiger partial charge in [0.2, 0.25) is 5.91 Å². The van der Waals surface area contributed by atoms with Crippen molar-refractivity contribution < 1.29 is 14.4 Å². The second kappa shape index (κ2) is 6.66. The molecule has 1 aromatic heterocycles. The minimum Gasteiger partial charge on any atom is -0.349 e. The maximum Gasteiger partial charge on any atom is 0.352 e. The van der Waals surface area contributed by atoms with Crippen molar-refractivity contribution in [1.82, 2.24) is 20.4 Å². The lowest BCUT2D eigenvalue weighted by Gasteiger charge is -2.27. The van der Waals surface area contributed by atoms with Crippen LogP contribution in [-0.4, -0.2) is 58.1 Å². The summed E-state index contributed by atoms with van der Waals surface area (Å²) in [7, 11) is 0. The number of hydrogen-bond acceptors (Lipinski definition) is 5. The zero-order valence-corrected chi connectivity index (χ0v) is 14.1. The number of fused-ring (bicyclic) bond motifs is 2. The summed E-state index contributed by atoms with van der Waals surface area (Å²) in [4.78, 5) is 45.7. The Morgan fingerprint density at radius 3 is 3.04 bits per heavy atom. The lowest BCUT2D eigenvalue weighted by Crippen LogP contribution is -2.48. The van der Waals surface area contributed by atoms with Gasteiger partial charge in [0.05, 0.1) is 0 Å². The van der Waals surface area contributed by atoms with Crippen molar-refractivity contribution in [1.29, 1.82) is 0 Å². The van der Waals surface area contributed by atoms with E-state index < -0.39 is 11.9 Å². The molecule has 4 rings (SSSR count). The van der Waals surface area contributed by atoms with Crippen molar-refractivity contribution in [2.75, 3.05) is 13.1 Å². The van der Waals surface area contributed by atoms with Crippen LogP contribution in [0.1, 0.15) is 34.6 Å². The van der Waals surface area contributed by atoms with Crippen LogP contribution in [0.2, 0.25) is 0 Å². The highest BCUT2D eigenvalue weighted by molar-refractivity contribution is 6.19. The summed E-state index contributed by atoms with van der Waals surface area (Å²) in [5.74, 6) is -1.09. The van der Waals surface area contributed by atoms with Crippen LogP contribution in [-0.2, 0) is 17.6 Å². The number of nitrogens with one attached hydrogen (secondary N) is 2. The predicted octanol–water partition coefficient (Wildman–Crippen LogP) is 0.636. The number of dihydropyridines is 1. The number of amidine groups is 1. The molecule has 1 aromatic rings. The number of amides is 4. The van der Waals surface area contributed by atoms with Gasteiger partial charge in [-0.05, 0) is 31.8 Å². The van der Waals surface area contributed by atoms with E-state index in [9.17, 15) is 14.4 Å². The quantitative estimate of drug-likeness (QED) is 0.824.